The van der Waals surface area contributed by atoms with E-state index in [0.717, 1.165) is 0 Å². The highest BCUT2D eigenvalue weighted by molar-refractivity contribution is 6.08. The lowest BCUT2D eigenvalue weighted by Crippen LogP contribution is -2.15. The van der Waals surface area contributed by atoms with Crippen molar-refractivity contribution < 1.29 is 22.7 Å². The maximum Gasteiger partial charge on any atom is 0.257 e. The molecule has 21 heavy (non-hydrogen) atoms. The number of nitrogen functional groups attached to an aromatic ring is 1. The molecule has 0 heterocycles. The lowest BCUT2D eigenvalue weighted by atomic mass is 10.1. The second kappa shape index (κ2) is 5.74. The summed E-state index contributed by atoms with van der Waals surface area (Å²) in [7, 11) is 1.40. The van der Waals surface area contributed by atoms with Crippen LogP contribution in [0.4, 0.5) is 24.5 Å². The number of benzene rings is 2. The fraction of sp³-hybridized carbons (Fsp3) is 0.0714. The Bertz CT molecular complexity index is 705. The maximum atomic E-state index is 13.5. The van der Waals surface area contributed by atoms with Crippen LogP contribution in [0.15, 0.2) is 30.3 Å². The van der Waals surface area contributed by atoms with Gasteiger partial charge in [-0.05, 0) is 18.2 Å². The third-order valence-electron chi connectivity index (χ3n) is 2.75. The average Bonchev–Trinajstić information content (AvgIpc) is 2.44. The smallest absolute Gasteiger partial charge is 0.257 e. The molecule has 0 unspecified atom stereocenters. The number of methoxy groups -OCH3 is 1. The van der Waals surface area contributed by atoms with Crippen molar-refractivity contribution in [1.29, 1.82) is 0 Å². The van der Waals surface area contributed by atoms with Crippen LogP contribution in [0.25, 0.3) is 0 Å². The summed E-state index contributed by atoms with van der Waals surface area (Å²) in [4.78, 5) is 12.0. The average molecular weight is 296 g/mol. The minimum atomic E-state index is -1.40. The topological polar surface area (TPSA) is 64.3 Å². The number of ether oxygens (including phenoxy) is 1. The molecule has 7 heteroatoms. The molecule has 0 saturated carbocycles. The number of hydrogen-bond acceptors (Lipinski definition) is 3. The van der Waals surface area contributed by atoms with E-state index in [0.29, 0.717) is 17.9 Å². The van der Waals surface area contributed by atoms with Crippen LogP contribution in [0, 0.1) is 17.5 Å². The normalized spacial score (nSPS) is 10.3. The summed E-state index contributed by atoms with van der Waals surface area (Å²) in [5, 5.41) is 2.07. The Labute approximate surface area is 118 Å². The van der Waals surface area contributed by atoms with Crippen LogP contribution in [0.3, 0.4) is 0 Å². The molecule has 0 saturated heterocycles. The van der Waals surface area contributed by atoms with Crippen LogP contribution in [-0.4, -0.2) is 13.0 Å². The Morgan fingerprint density at radius 2 is 1.90 bits per heavy atom. The van der Waals surface area contributed by atoms with Crippen LogP contribution >= 0.6 is 0 Å². The number of rotatable bonds is 3. The number of anilines is 2. The molecule has 0 bridgehead atoms. The molecule has 3 N–H and O–H groups in total. The van der Waals surface area contributed by atoms with Crippen LogP contribution in [0.5, 0.6) is 5.75 Å². The van der Waals surface area contributed by atoms with E-state index in [1.807, 2.05) is 0 Å². The number of amides is 1. The second-order valence-corrected chi connectivity index (χ2v) is 4.16. The van der Waals surface area contributed by atoms with Crippen LogP contribution < -0.4 is 15.8 Å². The third-order valence-corrected chi connectivity index (χ3v) is 2.75. The Morgan fingerprint density at radius 3 is 2.57 bits per heavy atom. The lowest BCUT2D eigenvalue weighted by molar-refractivity contribution is 0.102. The van der Waals surface area contributed by atoms with E-state index in [1.165, 1.54) is 25.3 Å². The SMILES string of the molecule is COc1ccc(N)c(C(=O)Nc2cc(F)cc(F)c2F)c1. The van der Waals surface area contributed by atoms with Gasteiger partial charge in [0.2, 0.25) is 0 Å². The van der Waals surface area contributed by atoms with Gasteiger partial charge in [0.05, 0.1) is 18.4 Å². The minimum Gasteiger partial charge on any atom is -0.497 e. The molecule has 110 valence electrons. The van der Waals surface area contributed by atoms with Gasteiger partial charge in [-0.3, -0.25) is 4.79 Å². The third kappa shape index (κ3) is 3.07. The van der Waals surface area contributed by atoms with Gasteiger partial charge < -0.3 is 15.8 Å². The lowest BCUT2D eigenvalue weighted by Gasteiger charge is -2.10. The predicted molar refractivity (Wildman–Crippen MR) is 71.7 cm³/mol. The predicted octanol–water partition coefficient (Wildman–Crippen LogP) is 2.95. The Balaban J connectivity index is 2.34. The maximum absolute atomic E-state index is 13.5. The van der Waals surface area contributed by atoms with Gasteiger partial charge in [-0.2, -0.15) is 0 Å². The van der Waals surface area contributed by atoms with Gasteiger partial charge in [-0.1, -0.05) is 0 Å². The summed E-state index contributed by atoms with van der Waals surface area (Å²) in [6.07, 6.45) is 0. The van der Waals surface area contributed by atoms with E-state index in [9.17, 15) is 18.0 Å². The molecule has 0 aliphatic carbocycles. The number of hydrogen-bond donors (Lipinski definition) is 2. The quantitative estimate of drug-likeness (QED) is 0.676. The van der Waals surface area contributed by atoms with Gasteiger partial charge in [-0.15, -0.1) is 0 Å². The van der Waals surface area contributed by atoms with Gasteiger partial charge in [0.15, 0.2) is 11.6 Å². The van der Waals surface area contributed by atoms with Crippen molar-refractivity contribution in [2.24, 2.45) is 0 Å². The second-order valence-electron chi connectivity index (χ2n) is 4.16. The van der Waals surface area contributed by atoms with Crippen molar-refractivity contribution in [1.82, 2.24) is 0 Å². The zero-order valence-electron chi connectivity index (χ0n) is 10.9. The molecule has 0 spiro atoms. The first-order valence-electron chi connectivity index (χ1n) is 5.81. The number of carbonyl (C=O) groups is 1. The first-order valence-corrected chi connectivity index (χ1v) is 5.81. The van der Waals surface area contributed by atoms with Crippen molar-refractivity contribution in [3.63, 3.8) is 0 Å². The summed E-state index contributed by atoms with van der Waals surface area (Å²) >= 11 is 0. The molecule has 0 aromatic heterocycles. The van der Waals surface area contributed by atoms with Gasteiger partial charge in [-0.25, -0.2) is 13.2 Å². The molecule has 0 radical (unpaired) electrons. The van der Waals surface area contributed by atoms with Gasteiger partial charge in [0.1, 0.15) is 11.6 Å². The number of nitrogens with one attached hydrogen (secondary N) is 1. The van der Waals surface area contributed by atoms with Gasteiger partial charge in [0, 0.05) is 17.8 Å². The first kappa shape index (κ1) is 14.7. The van der Waals surface area contributed by atoms with Crippen molar-refractivity contribution in [2.75, 3.05) is 18.2 Å². The zero-order valence-corrected chi connectivity index (χ0v) is 10.9. The molecule has 2 aromatic rings. The molecular formula is C14H11F3N2O2. The Hall–Kier alpha value is -2.70. The highest BCUT2D eigenvalue weighted by atomic mass is 19.2. The zero-order chi connectivity index (χ0) is 15.6. The summed E-state index contributed by atoms with van der Waals surface area (Å²) in [5.41, 5.74) is 5.14. The molecule has 2 rings (SSSR count). The fourth-order valence-corrected chi connectivity index (χ4v) is 1.70. The van der Waals surface area contributed by atoms with E-state index < -0.39 is 29.0 Å². The van der Waals surface area contributed by atoms with Crippen molar-refractivity contribution in [2.45, 2.75) is 0 Å². The van der Waals surface area contributed by atoms with Crippen LogP contribution in [-0.2, 0) is 0 Å². The summed E-state index contributed by atoms with van der Waals surface area (Å²) in [6.45, 7) is 0. The van der Waals surface area contributed by atoms with Crippen LogP contribution in [0.2, 0.25) is 0 Å². The molecule has 4 nitrogen and oxygen atoms in total. The standard InChI is InChI=1S/C14H11F3N2O2/c1-21-8-2-3-11(18)9(6-8)14(20)19-12-5-7(15)4-10(16)13(12)17/h2-6H,18H2,1H3,(H,19,20). The molecule has 0 fully saturated rings. The largest absolute Gasteiger partial charge is 0.497 e. The van der Waals surface area contributed by atoms with Crippen molar-refractivity contribution >= 4 is 17.3 Å². The summed E-state index contributed by atoms with van der Waals surface area (Å²) < 4.78 is 44.6. The van der Waals surface area contributed by atoms with E-state index in [2.05, 4.69) is 5.32 Å². The molecule has 0 aliphatic rings. The Morgan fingerprint density at radius 1 is 1.19 bits per heavy atom. The number of halogens is 3. The van der Waals surface area contributed by atoms with E-state index in [1.54, 1.807) is 0 Å². The first-order chi connectivity index (χ1) is 9.92. The highest BCUT2D eigenvalue weighted by Gasteiger charge is 2.16. The number of carbonyl (C=O) groups excluding carboxylic acids is 1. The van der Waals surface area contributed by atoms with E-state index in [-0.39, 0.29) is 11.3 Å². The fourth-order valence-electron chi connectivity index (χ4n) is 1.70. The molecule has 2 aromatic carbocycles. The highest BCUT2D eigenvalue weighted by Crippen LogP contribution is 2.23. The van der Waals surface area contributed by atoms with Gasteiger partial charge in [0.25, 0.3) is 5.91 Å². The molecule has 1 amide bonds. The summed E-state index contributed by atoms with van der Waals surface area (Å²) in [5.74, 6) is -4.21. The van der Waals surface area contributed by atoms with Crippen molar-refractivity contribution in [3.8, 4) is 5.75 Å². The monoisotopic (exact) mass is 296 g/mol. The van der Waals surface area contributed by atoms with E-state index in [4.69, 9.17) is 10.5 Å². The van der Waals surface area contributed by atoms with E-state index >= 15 is 0 Å². The van der Waals surface area contributed by atoms with Crippen molar-refractivity contribution in [3.05, 3.63) is 53.3 Å². The molecule has 0 atom stereocenters. The van der Waals surface area contributed by atoms with Gasteiger partial charge >= 0.3 is 0 Å². The summed E-state index contributed by atoms with van der Waals surface area (Å²) in [6, 6.07) is 5.35. The van der Waals surface area contributed by atoms with Crippen LogP contribution in [0.1, 0.15) is 10.4 Å². The minimum absolute atomic E-state index is 0.00146. The molecular weight excluding hydrogens is 285 g/mol. The number of nitrogens with two attached hydrogens (primary N) is 1. The Kier molecular flexibility index (Phi) is 4.02. The molecule has 0 aliphatic heterocycles.